The minimum absolute atomic E-state index is 0.0246. The zero-order valence-corrected chi connectivity index (χ0v) is 13.1. The van der Waals surface area contributed by atoms with E-state index in [1.807, 2.05) is 0 Å². The van der Waals surface area contributed by atoms with Gasteiger partial charge in [-0.2, -0.15) is 23.3 Å². The second kappa shape index (κ2) is 5.64. The molecule has 1 aromatic heterocycles. The van der Waals surface area contributed by atoms with Crippen molar-refractivity contribution in [2.45, 2.75) is 25.2 Å². The van der Waals surface area contributed by atoms with Crippen molar-refractivity contribution < 1.29 is 23.1 Å². The Morgan fingerprint density at radius 3 is 2.54 bits per heavy atom. The first kappa shape index (κ1) is 16.5. The number of alkyl halides is 3. The normalized spacial score (nSPS) is 21.0. The highest BCUT2D eigenvalue weighted by atomic mass is 32.1. The Bertz CT molecular complexity index is 806. The first-order chi connectivity index (χ1) is 11.2. The maximum atomic E-state index is 13.1. The lowest BCUT2D eigenvalue weighted by Gasteiger charge is -2.31. The molecule has 24 heavy (non-hydrogen) atoms. The summed E-state index contributed by atoms with van der Waals surface area (Å²) in [6, 6.07) is 7.64. The predicted octanol–water partition coefficient (Wildman–Crippen LogP) is 2.46. The van der Waals surface area contributed by atoms with E-state index in [4.69, 9.17) is 0 Å². The maximum Gasteiger partial charge on any atom is 0.431 e. The fourth-order valence-electron chi connectivity index (χ4n) is 2.37. The SMILES string of the molecule is Cc1nnsc1C(=O)N1N=C(C(F)(F)F)CC1(O)c1ccccc1. The average Bonchev–Trinajstić information content (AvgIpc) is 3.12. The standard InChI is InChI=1S/C14H11F3N4O2S/c1-8-11(24-20-18-8)12(22)21-13(23,9-5-3-2-4-6-9)7-10(19-21)14(15,16)17/h2-6,23H,7H2,1H3. The van der Waals surface area contributed by atoms with Crippen LogP contribution in [0.25, 0.3) is 0 Å². The molecular weight excluding hydrogens is 345 g/mol. The Morgan fingerprint density at radius 1 is 1.33 bits per heavy atom. The van der Waals surface area contributed by atoms with Crippen LogP contribution < -0.4 is 0 Å². The molecule has 1 aliphatic rings. The molecule has 0 aliphatic carbocycles. The molecule has 126 valence electrons. The van der Waals surface area contributed by atoms with Gasteiger partial charge < -0.3 is 5.11 Å². The van der Waals surface area contributed by atoms with E-state index in [9.17, 15) is 23.1 Å². The van der Waals surface area contributed by atoms with Crippen LogP contribution in [0.2, 0.25) is 0 Å². The number of amides is 1. The number of hydrazone groups is 1. The number of carbonyl (C=O) groups excluding carboxylic acids is 1. The van der Waals surface area contributed by atoms with Crippen LogP contribution >= 0.6 is 11.5 Å². The number of carbonyl (C=O) groups is 1. The van der Waals surface area contributed by atoms with E-state index in [0.29, 0.717) is 5.01 Å². The summed E-state index contributed by atoms with van der Waals surface area (Å²) in [6.07, 6.45) is -5.60. The molecule has 2 heterocycles. The predicted molar refractivity (Wildman–Crippen MR) is 79.3 cm³/mol. The lowest BCUT2D eigenvalue weighted by atomic mass is 9.97. The molecule has 3 rings (SSSR count). The molecule has 0 bridgehead atoms. The first-order valence-electron chi connectivity index (χ1n) is 6.79. The number of aryl methyl sites for hydroxylation is 1. The van der Waals surface area contributed by atoms with Gasteiger partial charge in [0.1, 0.15) is 10.6 Å². The van der Waals surface area contributed by atoms with Gasteiger partial charge in [0.15, 0.2) is 5.72 Å². The van der Waals surface area contributed by atoms with E-state index in [1.165, 1.54) is 19.1 Å². The van der Waals surface area contributed by atoms with Crippen molar-refractivity contribution in [2.75, 3.05) is 0 Å². The topological polar surface area (TPSA) is 78.7 Å². The van der Waals surface area contributed by atoms with Crippen LogP contribution in [0.15, 0.2) is 35.4 Å². The highest BCUT2D eigenvalue weighted by Gasteiger charge is 2.53. The molecule has 0 fully saturated rings. The van der Waals surface area contributed by atoms with Crippen molar-refractivity contribution in [3.05, 3.63) is 46.5 Å². The summed E-state index contributed by atoms with van der Waals surface area (Å²) in [5.74, 6) is -0.881. The number of rotatable bonds is 2. The Morgan fingerprint density at radius 2 is 2.00 bits per heavy atom. The maximum absolute atomic E-state index is 13.1. The molecule has 1 amide bonds. The van der Waals surface area contributed by atoms with Crippen LogP contribution in [-0.4, -0.2) is 37.5 Å². The molecule has 10 heteroatoms. The van der Waals surface area contributed by atoms with Crippen molar-refractivity contribution in [3.63, 3.8) is 0 Å². The van der Waals surface area contributed by atoms with Crippen LogP contribution in [0, 0.1) is 6.92 Å². The largest absolute Gasteiger partial charge is 0.431 e. The molecule has 0 saturated heterocycles. The third-order valence-corrected chi connectivity index (χ3v) is 4.40. The van der Waals surface area contributed by atoms with Gasteiger partial charge in [0.2, 0.25) is 0 Å². The van der Waals surface area contributed by atoms with Crippen LogP contribution in [0.5, 0.6) is 0 Å². The van der Waals surface area contributed by atoms with Gasteiger partial charge in [-0.15, -0.1) is 5.10 Å². The van der Waals surface area contributed by atoms with Crippen molar-refractivity contribution in [1.29, 1.82) is 0 Å². The first-order valence-corrected chi connectivity index (χ1v) is 7.57. The average molecular weight is 356 g/mol. The molecule has 1 atom stereocenters. The van der Waals surface area contributed by atoms with Gasteiger partial charge in [0.05, 0.1) is 12.1 Å². The zero-order valence-electron chi connectivity index (χ0n) is 12.3. The van der Waals surface area contributed by atoms with Gasteiger partial charge in [0.25, 0.3) is 5.91 Å². The second-order valence-electron chi connectivity index (χ2n) is 5.21. The van der Waals surface area contributed by atoms with Crippen LogP contribution in [0.1, 0.15) is 27.3 Å². The fourth-order valence-corrected chi connectivity index (χ4v) is 2.95. The Balaban J connectivity index is 2.09. The summed E-state index contributed by atoms with van der Waals surface area (Å²) < 4.78 is 42.8. The van der Waals surface area contributed by atoms with Crippen molar-refractivity contribution in [2.24, 2.45) is 5.10 Å². The van der Waals surface area contributed by atoms with E-state index < -0.39 is 29.9 Å². The third kappa shape index (κ3) is 2.67. The van der Waals surface area contributed by atoms with Gasteiger partial charge in [0, 0.05) is 5.56 Å². The number of hydrogen-bond acceptors (Lipinski definition) is 6. The van der Waals surface area contributed by atoms with Crippen LogP contribution in [0.4, 0.5) is 13.2 Å². The highest BCUT2D eigenvalue weighted by molar-refractivity contribution is 7.07. The molecule has 6 nitrogen and oxygen atoms in total. The molecule has 1 aliphatic heterocycles. The minimum atomic E-state index is -4.75. The minimum Gasteiger partial charge on any atom is -0.365 e. The molecule has 0 radical (unpaired) electrons. The number of nitrogens with zero attached hydrogens (tertiary/aromatic N) is 4. The lowest BCUT2D eigenvalue weighted by Crippen LogP contribution is -2.43. The second-order valence-corrected chi connectivity index (χ2v) is 5.96. The number of hydrogen-bond donors (Lipinski definition) is 1. The summed E-state index contributed by atoms with van der Waals surface area (Å²) >= 11 is 0.735. The summed E-state index contributed by atoms with van der Waals surface area (Å²) in [5, 5.41) is 18.4. The fraction of sp³-hybridized carbons (Fsp3) is 0.286. The smallest absolute Gasteiger partial charge is 0.365 e. The molecule has 0 spiro atoms. The summed E-state index contributed by atoms with van der Waals surface area (Å²) in [6.45, 7) is 1.50. The van der Waals surface area contributed by atoms with E-state index in [-0.39, 0.29) is 16.1 Å². The number of benzene rings is 1. The third-order valence-electron chi connectivity index (χ3n) is 3.59. The van der Waals surface area contributed by atoms with Gasteiger partial charge in [-0.25, -0.2) is 0 Å². The van der Waals surface area contributed by atoms with Crippen LogP contribution in [0.3, 0.4) is 0 Å². The van der Waals surface area contributed by atoms with Gasteiger partial charge in [-0.05, 0) is 18.5 Å². The zero-order chi connectivity index (χ0) is 17.5. The van der Waals surface area contributed by atoms with Gasteiger partial charge in [-0.3, -0.25) is 4.79 Å². The van der Waals surface area contributed by atoms with Gasteiger partial charge >= 0.3 is 6.18 Å². The Labute approximate surface area is 138 Å². The molecule has 1 aromatic carbocycles. The molecule has 1 unspecified atom stereocenters. The van der Waals surface area contributed by atoms with Crippen molar-refractivity contribution in [3.8, 4) is 0 Å². The molecular formula is C14H11F3N4O2S. The number of halogens is 3. The summed E-state index contributed by atoms with van der Waals surface area (Å²) in [5.41, 5.74) is -3.05. The van der Waals surface area contributed by atoms with E-state index >= 15 is 0 Å². The van der Waals surface area contributed by atoms with Crippen LogP contribution in [-0.2, 0) is 5.72 Å². The van der Waals surface area contributed by atoms with E-state index in [0.717, 1.165) is 11.5 Å². The van der Waals surface area contributed by atoms with Gasteiger partial charge in [-0.1, -0.05) is 34.8 Å². The Hall–Kier alpha value is -2.33. The molecule has 2 aromatic rings. The lowest BCUT2D eigenvalue weighted by molar-refractivity contribution is -0.0814. The highest BCUT2D eigenvalue weighted by Crippen LogP contribution is 2.40. The Kier molecular flexibility index (Phi) is 3.88. The molecule has 0 saturated carbocycles. The van der Waals surface area contributed by atoms with Crippen molar-refractivity contribution >= 4 is 23.2 Å². The monoisotopic (exact) mass is 356 g/mol. The summed E-state index contributed by atoms with van der Waals surface area (Å²) in [4.78, 5) is 12.6. The van der Waals surface area contributed by atoms with E-state index in [2.05, 4.69) is 14.7 Å². The molecule has 1 N–H and O–H groups in total. The van der Waals surface area contributed by atoms with Crippen molar-refractivity contribution in [1.82, 2.24) is 14.6 Å². The summed E-state index contributed by atoms with van der Waals surface area (Å²) in [7, 11) is 0. The number of aliphatic hydroxyl groups is 1. The van der Waals surface area contributed by atoms with E-state index in [1.54, 1.807) is 18.2 Å². The number of aromatic nitrogens is 2. The quantitative estimate of drug-likeness (QED) is 0.897.